The van der Waals surface area contributed by atoms with Crippen LogP contribution in [0.5, 0.6) is 0 Å². The van der Waals surface area contributed by atoms with Gasteiger partial charge in [-0.05, 0) is 63.2 Å². The lowest BCUT2D eigenvalue weighted by Crippen LogP contribution is -2.04. The molecule has 0 bridgehead atoms. The number of pyridine rings is 2. The Bertz CT molecular complexity index is 1630. The van der Waals surface area contributed by atoms with E-state index in [2.05, 4.69) is 94.9 Å². The Morgan fingerprint density at radius 1 is 0.500 bits per heavy atom. The second-order valence-corrected chi connectivity index (χ2v) is 8.34. The largest absolute Gasteiger partial charge is 0.326 e. The van der Waals surface area contributed by atoms with E-state index in [1.54, 1.807) is 0 Å². The third-order valence-electron chi connectivity index (χ3n) is 6.46. The quantitative estimate of drug-likeness (QED) is 0.316. The molecule has 162 valence electrons. The number of hydrogen-bond acceptors (Lipinski definition) is 3. The average molecular weight is 438 g/mol. The number of fused-ring (bicyclic) bond motifs is 2. The first kappa shape index (κ1) is 20.3. The Kier molecular flexibility index (Phi) is 5.10. The smallest absolute Gasteiger partial charge is 0.0708 e. The Labute approximate surface area is 198 Å². The van der Waals surface area contributed by atoms with Gasteiger partial charge in [-0.25, -0.2) is 0 Å². The second-order valence-electron chi connectivity index (χ2n) is 8.34. The maximum absolute atomic E-state index is 6.50. The van der Waals surface area contributed by atoms with Gasteiger partial charge in [0.05, 0.1) is 11.0 Å². The van der Waals surface area contributed by atoms with E-state index in [1.807, 2.05) is 30.6 Å². The second kappa shape index (κ2) is 8.54. The van der Waals surface area contributed by atoms with Crippen LogP contribution in [-0.4, -0.2) is 9.97 Å². The van der Waals surface area contributed by atoms with Gasteiger partial charge in [0.2, 0.25) is 0 Å². The fraction of sp³-hybridized carbons (Fsp3) is 0.0323. The number of nitrogens with zero attached hydrogens (tertiary/aromatic N) is 2. The summed E-state index contributed by atoms with van der Waals surface area (Å²) in [5, 5.41) is 2.24. The van der Waals surface area contributed by atoms with Gasteiger partial charge in [-0.1, -0.05) is 78.9 Å². The first-order valence-electron chi connectivity index (χ1n) is 11.4. The minimum absolute atomic E-state index is 0.424. The fourth-order valence-electron chi connectivity index (χ4n) is 4.92. The minimum Gasteiger partial charge on any atom is -0.326 e. The van der Waals surface area contributed by atoms with Gasteiger partial charge in [0, 0.05) is 29.7 Å². The summed E-state index contributed by atoms with van der Waals surface area (Å²) in [4.78, 5) is 9.21. The first-order chi connectivity index (χ1) is 16.8. The maximum atomic E-state index is 6.50. The van der Waals surface area contributed by atoms with Crippen molar-refractivity contribution in [3.8, 4) is 33.4 Å². The van der Waals surface area contributed by atoms with Gasteiger partial charge in [0.25, 0.3) is 0 Å². The maximum Gasteiger partial charge on any atom is 0.0708 e. The fourth-order valence-corrected chi connectivity index (χ4v) is 4.92. The van der Waals surface area contributed by atoms with E-state index in [4.69, 9.17) is 5.73 Å². The standard InChI is InChI=1S/C31H23N3/c32-20-28-22(21-8-2-1-3-9-21)14-15-26(23-16-18-33-29-12-6-4-10-24(23)29)31(28)27-17-19-34-30-13-7-5-11-25(27)30/h1-19H,20,32H2. The molecule has 4 aromatic carbocycles. The summed E-state index contributed by atoms with van der Waals surface area (Å²) in [5.74, 6) is 0. The molecule has 0 unspecified atom stereocenters. The molecule has 6 rings (SSSR count). The van der Waals surface area contributed by atoms with Gasteiger partial charge in [-0.3, -0.25) is 9.97 Å². The molecule has 34 heavy (non-hydrogen) atoms. The minimum atomic E-state index is 0.424. The van der Waals surface area contributed by atoms with Crippen LogP contribution in [0.3, 0.4) is 0 Å². The van der Waals surface area contributed by atoms with E-state index in [0.717, 1.165) is 60.8 Å². The van der Waals surface area contributed by atoms with Gasteiger partial charge in [0.15, 0.2) is 0 Å². The molecule has 6 aromatic rings. The summed E-state index contributed by atoms with van der Waals surface area (Å²) in [7, 11) is 0. The zero-order valence-electron chi connectivity index (χ0n) is 18.6. The number of nitrogens with two attached hydrogens (primary N) is 1. The molecule has 0 atom stereocenters. The monoisotopic (exact) mass is 437 g/mol. The highest BCUT2D eigenvalue weighted by Crippen LogP contribution is 2.43. The molecular weight excluding hydrogens is 414 g/mol. The molecule has 2 aromatic heterocycles. The van der Waals surface area contributed by atoms with Crippen LogP contribution in [0, 0.1) is 0 Å². The SMILES string of the molecule is NCc1c(-c2ccccc2)ccc(-c2ccnc3ccccc23)c1-c1ccnc2ccccc12. The van der Waals surface area contributed by atoms with Crippen molar-refractivity contribution in [1.82, 2.24) is 9.97 Å². The van der Waals surface area contributed by atoms with Crippen molar-refractivity contribution in [1.29, 1.82) is 0 Å². The van der Waals surface area contributed by atoms with Crippen LogP contribution in [0.15, 0.2) is 116 Å². The summed E-state index contributed by atoms with van der Waals surface area (Å²) in [6.45, 7) is 0.424. The Morgan fingerprint density at radius 2 is 1.06 bits per heavy atom. The molecule has 0 spiro atoms. The molecular formula is C31H23N3. The van der Waals surface area contributed by atoms with Crippen LogP contribution in [0.4, 0.5) is 0 Å². The van der Waals surface area contributed by atoms with E-state index in [-0.39, 0.29) is 0 Å². The molecule has 2 N–H and O–H groups in total. The Morgan fingerprint density at radius 3 is 1.74 bits per heavy atom. The highest BCUT2D eigenvalue weighted by Gasteiger charge is 2.19. The zero-order chi connectivity index (χ0) is 22.9. The van der Waals surface area contributed by atoms with E-state index >= 15 is 0 Å². The lowest BCUT2D eigenvalue weighted by atomic mass is 9.84. The molecule has 0 saturated carbocycles. The van der Waals surface area contributed by atoms with E-state index in [1.165, 1.54) is 0 Å². The van der Waals surface area contributed by atoms with Crippen LogP contribution in [0.1, 0.15) is 5.56 Å². The molecule has 0 aliphatic carbocycles. The lowest BCUT2D eigenvalue weighted by molar-refractivity contribution is 1.08. The molecule has 3 heteroatoms. The molecule has 2 heterocycles. The van der Waals surface area contributed by atoms with Crippen LogP contribution < -0.4 is 5.73 Å². The predicted octanol–water partition coefficient (Wildman–Crippen LogP) is 7.24. The number of para-hydroxylation sites is 2. The first-order valence-corrected chi connectivity index (χ1v) is 11.4. The van der Waals surface area contributed by atoms with Crippen molar-refractivity contribution < 1.29 is 0 Å². The molecule has 0 aliphatic heterocycles. The number of aromatic nitrogens is 2. The van der Waals surface area contributed by atoms with Gasteiger partial charge in [0.1, 0.15) is 0 Å². The summed E-state index contributed by atoms with van der Waals surface area (Å²) in [6, 6.07) is 35.7. The lowest BCUT2D eigenvalue weighted by Gasteiger charge is -2.21. The normalized spacial score (nSPS) is 11.2. The van der Waals surface area contributed by atoms with E-state index < -0.39 is 0 Å². The van der Waals surface area contributed by atoms with Crippen molar-refractivity contribution in [2.45, 2.75) is 6.54 Å². The summed E-state index contributed by atoms with van der Waals surface area (Å²) in [5.41, 5.74) is 16.5. The van der Waals surface area contributed by atoms with Crippen molar-refractivity contribution in [3.05, 3.63) is 121 Å². The Hall–Kier alpha value is -4.34. The van der Waals surface area contributed by atoms with Crippen molar-refractivity contribution >= 4 is 21.8 Å². The highest BCUT2D eigenvalue weighted by atomic mass is 14.7. The molecule has 0 radical (unpaired) electrons. The van der Waals surface area contributed by atoms with E-state index in [9.17, 15) is 0 Å². The molecule has 3 nitrogen and oxygen atoms in total. The average Bonchev–Trinajstić information content (AvgIpc) is 2.92. The van der Waals surface area contributed by atoms with Crippen LogP contribution >= 0.6 is 0 Å². The number of benzene rings is 4. The number of hydrogen-bond donors (Lipinski definition) is 1. The molecule has 0 amide bonds. The van der Waals surface area contributed by atoms with Crippen LogP contribution in [0.25, 0.3) is 55.2 Å². The highest BCUT2D eigenvalue weighted by molar-refractivity contribution is 6.05. The summed E-state index contributed by atoms with van der Waals surface area (Å²) >= 11 is 0. The summed E-state index contributed by atoms with van der Waals surface area (Å²) in [6.07, 6.45) is 3.78. The topological polar surface area (TPSA) is 51.8 Å². The molecule has 0 saturated heterocycles. The third kappa shape index (κ3) is 3.35. The predicted molar refractivity (Wildman–Crippen MR) is 141 cm³/mol. The van der Waals surface area contributed by atoms with Gasteiger partial charge >= 0.3 is 0 Å². The summed E-state index contributed by atoms with van der Waals surface area (Å²) < 4.78 is 0. The van der Waals surface area contributed by atoms with Gasteiger partial charge in [-0.2, -0.15) is 0 Å². The molecule has 0 fully saturated rings. The zero-order valence-corrected chi connectivity index (χ0v) is 18.6. The molecule has 0 aliphatic rings. The van der Waals surface area contributed by atoms with Gasteiger partial charge < -0.3 is 5.73 Å². The van der Waals surface area contributed by atoms with Crippen molar-refractivity contribution in [3.63, 3.8) is 0 Å². The van der Waals surface area contributed by atoms with Crippen molar-refractivity contribution in [2.24, 2.45) is 5.73 Å². The van der Waals surface area contributed by atoms with Crippen LogP contribution in [-0.2, 0) is 6.54 Å². The Balaban J connectivity index is 1.75. The van der Waals surface area contributed by atoms with Crippen molar-refractivity contribution in [2.75, 3.05) is 0 Å². The number of rotatable bonds is 4. The van der Waals surface area contributed by atoms with E-state index in [0.29, 0.717) is 6.54 Å². The van der Waals surface area contributed by atoms with Gasteiger partial charge in [-0.15, -0.1) is 0 Å². The van der Waals surface area contributed by atoms with Crippen LogP contribution in [0.2, 0.25) is 0 Å². The third-order valence-corrected chi connectivity index (χ3v) is 6.46.